The highest BCUT2D eigenvalue weighted by Crippen LogP contribution is 2.05. The van der Waals surface area contributed by atoms with Crippen LogP contribution < -0.4 is 10.6 Å². The second-order valence-electron chi connectivity index (χ2n) is 3.70. The van der Waals surface area contributed by atoms with Crippen molar-refractivity contribution in [3.8, 4) is 0 Å². The van der Waals surface area contributed by atoms with Crippen molar-refractivity contribution < 1.29 is 4.74 Å². The van der Waals surface area contributed by atoms with Gasteiger partial charge in [0.25, 0.3) is 0 Å². The molecule has 2 N–H and O–H groups in total. The fourth-order valence-electron chi connectivity index (χ4n) is 0.895. The lowest BCUT2D eigenvalue weighted by molar-refractivity contribution is 0.0196. The molecule has 0 atom stereocenters. The van der Waals surface area contributed by atoms with Crippen molar-refractivity contribution in [2.75, 3.05) is 26.7 Å². The molecular formula is C8H18N2O. The Morgan fingerprint density at radius 3 is 2.55 bits per heavy atom. The summed E-state index contributed by atoms with van der Waals surface area (Å²) in [7, 11) is 1.75. The summed E-state index contributed by atoms with van der Waals surface area (Å²) in [6.07, 6.45) is 0. The maximum absolute atomic E-state index is 5.27. The molecule has 0 bridgehead atoms. The number of methoxy groups -OCH3 is 1. The van der Waals surface area contributed by atoms with Crippen LogP contribution in [-0.4, -0.2) is 38.4 Å². The Morgan fingerprint density at radius 2 is 2.18 bits per heavy atom. The molecule has 0 spiro atoms. The van der Waals surface area contributed by atoms with E-state index in [4.69, 9.17) is 4.74 Å². The highest BCUT2D eigenvalue weighted by atomic mass is 16.5. The third-order valence-corrected chi connectivity index (χ3v) is 2.15. The van der Waals surface area contributed by atoms with Crippen molar-refractivity contribution in [1.82, 2.24) is 10.6 Å². The van der Waals surface area contributed by atoms with Crippen LogP contribution in [-0.2, 0) is 4.74 Å². The van der Waals surface area contributed by atoms with Crippen LogP contribution in [0.15, 0.2) is 0 Å². The van der Waals surface area contributed by atoms with Crippen molar-refractivity contribution in [1.29, 1.82) is 0 Å². The Hall–Kier alpha value is -0.120. The van der Waals surface area contributed by atoms with Gasteiger partial charge in [-0.15, -0.1) is 0 Å². The smallest absolute Gasteiger partial charge is 0.0746 e. The first-order valence-corrected chi connectivity index (χ1v) is 4.13. The molecule has 0 saturated carbocycles. The van der Waals surface area contributed by atoms with E-state index < -0.39 is 0 Å². The average Bonchev–Trinajstić information content (AvgIpc) is 1.84. The summed E-state index contributed by atoms with van der Waals surface area (Å²) in [5.74, 6) is 0. The van der Waals surface area contributed by atoms with Crippen molar-refractivity contribution in [2.24, 2.45) is 0 Å². The Kier molecular flexibility index (Phi) is 2.87. The normalized spacial score (nSPS) is 19.9. The van der Waals surface area contributed by atoms with E-state index in [0.29, 0.717) is 6.04 Å². The molecule has 0 aromatic heterocycles. The van der Waals surface area contributed by atoms with Gasteiger partial charge in [-0.3, -0.25) is 0 Å². The number of nitrogens with one attached hydrogen (secondary N) is 2. The maximum Gasteiger partial charge on any atom is 0.0746 e. The summed E-state index contributed by atoms with van der Waals surface area (Å²) >= 11 is 0. The number of hydrogen-bond donors (Lipinski definition) is 2. The monoisotopic (exact) mass is 158 g/mol. The Morgan fingerprint density at radius 1 is 1.55 bits per heavy atom. The minimum atomic E-state index is -0.0322. The summed E-state index contributed by atoms with van der Waals surface area (Å²) in [5.41, 5.74) is -0.0322. The third-order valence-electron chi connectivity index (χ3n) is 2.15. The average molecular weight is 158 g/mol. The minimum Gasteiger partial charge on any atom is -0.377 e. The Bertz CT molecular complexity index is 121. The van der Waals surface area contributed by atoms with Gasteiger partial charge in [0, 0.05) is 32.8 Å². The number of hydrogen-bond acceptors (Lipinski definition) is 3. The Labute approximate surface area is 68.5 Å². The zero-order valence-electron chi connectivity index (χ0n) is 7.61. The van der Waals surface area contributed by atoms with Crippen LogP contribution in [0, 0.1) is 0 Å². The lowest BCUT2D eigenvalue weighted by atomic mass is 10.1. The zero-order valence-corrected chi connectivity index (χ0v) is 7.61. The van der Waals surface area contributed by atoms with Crippen LogP contribution in [0.3, 0.4) is 0 Å². The van der Waals surface area contributed by atoms with E-state index in [9.17, 15) is 0 Å². The molecule has 1 fully saturated rings. The largest absolute Gasteiger partial charge is 0.377 e. The fourth-order valence-corrected chi connectivity index (χ4v) is 0.895. The lowest BCUT2D eigenvalue weighted by Gasteiger charge is -2.32. The molecule has 0 aliphatic carbocycles. The second-order valence-corrected chi connectivity index (χ2v) is 3.70. The molecule has 1 rings (SSSR count). The van der Waals surface area contributed by atoms with Gasteiger partial charge in [0.05, 0.1) is 5.60 Å². The molecular weight excluding hydrogens is 140 g/mol. The molecule has 0 aromatic carbocycles. The van der Waals surface area contributed by atoms with E-state index in [1.165, 1.54) is 0 Å². The van der Waals surface area contributed by atoms with E-state index in [2.05, 4.69) is 24.5 Å². The maximum atomic E-state index is 5.27. The first-order chi connectivity index (χ1) is 5.14. The topological polar surface area (TPSA) is 33.3 Å². The zero-order chi connectivity index (χ0) is 8.32. The van der Waals surface area contributed by atoms with Gasteiger partial charge in [0.1, 0.15) is 0 Å². The lowest BCUT2D eigenvalue weighted by Crippen LogP contribution is -2.57. The first-order valence-electron chi connectivity index (χ1n) is 4.13. The molecule has 11 heavy (non-hydrogen) atoms. The van der Waals surface area contributed by atoms with E-state index in [1.807, 2.05) is 0 Å². The highest BCUT2D eigenvalue weighted by molar-refractivity contribution is 4.84. The van der Waals surface area contributed by atoms with E-state index >= 15 is 0 Å². The van der Waals surface area contributed by atoms with Gasteiger partial charge in [-0.2, -0.15) is 0 Å². The summed E-state index contributed by atoms with van der Waals surface area (Å²) in [6, 6.07) is 0.657. The predicted molar refractivity (Wildman–Crippen MR) is 45.7 cm³/mol. The highest BCUT2D eigenvalue weighted by Gasteiger charge is 2.21. The number of ether oxygens (including phenoxy) is 1. The SMILES string of the molecule is COC(C)(C)CNC1CNC1. The van der Waals surface area contributed by atoms with Crippen LogP contribution in [0.5, 0.6) is 0 Å². The summed E-state index contributed by atoms with van der Waals surface area (Å²) < 4.78 is 5.27. The summed E-state index contributed by atoms with van der Waals surface area (Å²) in [4.78, 5) is 0. The van der Waals surface area contributed by atoms with Crippen molar-refractivity contribution in [2.45, 2.75) is 25.5 Å². The van der Waals surface area contributed by atoms with Gasteiger partial charge in [-0.1, -0.05) is 0 Å². The molecule has 0 unspecified atom stereocenters. The molecule has 1 aliphatic heterocycles. The summed E-state index contributed by atoms with van der Waals surface area (Å²) in [6.45, 7) is 7.30. The van der Waals surface area contributed by atoms with Gasteiger partial charge in [0.15, 0.2) is 0 Å². The molecule has 1 heterocycles. The van der Waals surface area contributed by atoms with Crippen molar-refractivity contribution in [3.05, 3.63) is 0 Å². The van der Waals surface area contributed by atoms with Crippen LogP contribution in [0.25, 0.3) is 0 Å². The minimum absolute atomic E-state index is 0.0322. The molecule has 3 heteroatoms. The molecule has 66 valence electrons. The van der Waals surface area contributed by atoms with Gasteiger partial charge in [-0.05, 0) is 13.8 Å². The number of rotatable bonds is 4. The summed E-state index contributed by atoms with van der Waals surface area (Å²) in [5, 5.41) is 6.63. The van der Waals surface area contributed by atoms with Gasteiger partial charge < -0.3 is 15.4 Å². The second kappa shape index (κ2) is 3.52. The van der Waals surface area contributed by atoms with Crippen LogP contribution in [0.4, 0.5) is 0 Å². The molecule has 3 nitrogen and oxygen atoms in total. The molecule has 0 aromatic rings. The predicted octanol–water partition coefficient (Wildman–Crippen LogP) is -0.0272. The molecule has 1 aliphatic rings. The quantitative estimate of drug-likeness (QED) is 0.603. The molecule has 0 amide bonds. The van der Waals surface area contributed by atoms with Crippen molar-refractivity contribution >= 4 is 0 Å². The molecule has 1 saturated heterocycles. The van der Waals surface area contributed by atoms with E-state index in [-0.39, 0.29) is 5.60 Å². The van der Waals surface area contributed by atoms with Crippen LogP contribution in [0.1, 0.15) is 13.8 Å². The Balaban J connectivity index is 2.09. The van der Waals surface area contributed by atoms with Crippen LogP contribution in [0.2, 0.25) is 0 Å². The standard InChI is InChI=1S/C8H18N2O/c1-8(2,11-3)6-10-7-4-9-5-7/h7,9-10H,4-6H2,1-3H3. The fraction of sp³-hybridized carbons (Fsp3) is 1.00. The van der Waals surface area contributed by atoms with Gasteiger partial charge in [-0.25, -0.2) is 0 Å². The van der Waals surface area contributed by atoms with Crippen molar-refractivity contribution in [3.63, 3.8) is 0 Å². The van der Waals surface area contributed by atoms with E-state index in [0.717, 1.165) is 19.6 Å². The van der Waals surface area contributed by atoms with Gasteiger partial charge >= 0.3 is 0 Å². The van der Waals surface area contributed by atoms with E-state index in [1.54, 1.807) is 7.11 Å². The first kappa shape index (κ1) is 8.97. The van der Waals surface area contributed by atoms with Crippen LogP contribution >= 0.6 is 0 Å². The van der Waals surface area contributed by atoms with Gasteiger partial charge in [0.2, 0.25) is 0 Å². The molecule has 0 radical (unpaired) electrons. The third kappa shape index (κ3) is 2.77.